The van der Waals surface area contributed by atoms with Gasteiger partial charge in [0, 0.05) is 6.07 Å². The van der Waals surface area contributed by atoms with Crippen LogP contribution in [0.5, 0.6) is 5.75 Å². The molecule has 0 amide bonds. The van der Waals surface area contributed by atoms with Gasteiger partial charge in [-0.3, -0.25) is 14.9 Å². The molecule has 1 aromatic carbocycles. The van der Waals surface area contributed by atoms with Crippen LogP contribution in [0.3, 0.4) is 0 Å². The quantitative estimate of drug-likeness (QED) is 0.262. The molecule has 0 atom stereocenters. The Morgan fingerprint density at radius 1 is 1.36 bits per heavy atom. The Morgan fingerprint density at radius 3 is 2.41 bits per heavy atom. The van der Waals surface area contributed by atoms with Gasteiger partial charge in [0.2, 0.25) is 5.75 Å². The van der Waals surface area contributed by atoms with E-state index in [0.717, 1.165) is 19.2 Å². The maximum Gasteiger partial charge on any atom is 0.534 e. The Morgan fingerprint density at radius 2 is 1.95 bits per heavy atom. The average Bonchev–Trinajstić information content (AvgIpc) is 2.38. The Kier molecular flexibility index (Phi) is 4.96. The molecule has 122 valence electrons. The molecule has 0 aliphatic carbocycles. The molecular weight excluding hydrogens is 335 g/mol. The van der Waals surface area contributed by atoms with E-state index in [0.29, 0.717) is 6.07 Å². The van der Waals surface area contributed by atoms with Crippen LogP contribution < -0.4 is 4.18 Å². The molecule has 0 radical (unpaired) electrons. The third-order valence-electron chi connectivity index (χ3n) is 2.28. The Balaban J connectivity index is 3.22. The van der Waals surface area contributed by atoms with Gasteiger partial charge in [-0.25, -0.2) is 0 Å². The lowest BCUT2D eigenvalue weighted by Crippen LogP contribution is -2.28. The summed E-state index contributed by atoms with van der Waals surface area (Å²) < 4.78 is 66.4. The zero-order valence-electron chi connectivity index (χ0n) is 10.8. The van der Waals surface area contributed by atoms with Crippen molar-refractivity contribution in [3.63, 3.8) is 0 Å². The van der Waals surface area contributed by atoms with Gasteiger partial charge in [0.05, 0.1) is 18.5 Å². The number of rotatable bonds is 5. The van der Waals surface area contributed by atoms with Gasteiger partial charge in [-0.1, -0.05) is 6.07 Å². The Bertz CT molecular complexity index is 699. The molecule has 1 aromatic rings. The highest BCUT2D eigenvalue weighted by molar-refractivity contribution is 7.88. The number of nitrogens with zero attached hydrogens (tertiary/aromatic N) is 1. The smallest absolute Gasteiger partial charge is 0.469 e. The van der Waals surface area contributed by atoms with Gasteiger partial charge in [0.15, 0.2) is 0 Å². The fourth-order valence-electron chi connectivity index (χ4n) is 1.29. The summed E-state index contributed by atoms with van der Waals surface area (Å²) >= 11 is 0. The zero-order valence-corrected chi connectivity index (χ0v) is 11.6. The zero-order chi connectivity index (χ0) is 17.1. The lowest BCUT2D eigenvalue weighted by molar-refractivity contribution is -0.385. The lowest BCUT2D eigenvalue weighted by atomic mass is 10.1. The van der Waals surface area contributed by atoms with Gasteiger partial charge in [0.1, 0.15) is 0 Å². The van der Waals surface area contributed by atoms with Crippen LogP contribution >= 0.6 is 0 Å². The SMILES string of the molecule is COC(=O)Cc1ccc(OS(=O)(=O)C(F)(F)F)c([N+](=O)[O-])c1. The van der Waals surface area contributed by atoms with Crippen molar-refractivity contribution < 1.29 is 40.2 Å². The minimum Gasteiger partial charge on any atom is -0.469 e. The number of halogens is 3. The molecule has 0 unspecified atom stereocenters. The normalized spacial score (nSPS) is 11.8. The molecule has 0 spiro atoms. The van der Waals surface area contributed by atoms with Gasteiger partial charge < -0.3 is 8.92 Å². The van der Waals surface area contributed by atoms with Crippen LogP contribution in [0.1, 0.15) is 5.56 Å². The van der Waals surface area contributed by atoms with Crippen molar-refractivity contribution in [2.45, 2.75) is 11.9 Å². The molecule has 0 heterocycles. The van der Waals surface area contributed by atoms with Crippen molar-refractivity contribution in [1.82, 2.24) is 0 Å². The first-order valence-corrected chi connectivity index (χ1v) is 6.73. The fraction of sp³-hybridized carbons (Fsp3) is 0.300. The fourth-order valence-corrected chi connectivity index (χ4v) is 1.76. The standard InChI is InChI=1S/C10H8F3NO7S/c1-20-9(15)5-6-2-3-8(7(4-6)14(16)17)21-22(18,19)10(11,12)13/h2-4H,5H2,1H3. The van der Waals surface area contributed by atoms with E-state index >= 15 is 0 Å². The summed E-state index contributed by atoms with van der Waals surface area (Å²) in [4.78, 5) is 20.7. The number of nitro groups is 1. The van der Waals surface area contributed by atoms with Crippen LogP contribution in [0.4, 0.5) is 18.9 Å². The van der Waals surface area contributed by atoms with Crippen LogP contribution in [-0.2, 0) is 26.1 Å². The largest absolute Gasteiger partial charge is 0.534 e. The van der Waals surface area contributed by atoms with E-state index in [4.69, 9.17) is 0 Å². The topological polar surface area (TPSA) is 113 Å². The van der Waals surface area contributed by atoms with Gasteiger partial charge in [-0.15, -0.1) is 0 Å². The van der Waals surface area contributed by atoms with E-state index in [1.165, 1.54) is 0 Å². The molecule has 0 N–H and O–H groups in total. The summed E-state index contributed by atoms with van der Waals surface area (Å²) in [7, 11) is -4.97. The van der Waals surface area contributed by atoms with E-state index in [2.05, 4.69) is 8.92 Å². The molecule has 1 rings (SSSR count). The maximum absolute atomic E-state index is 12.2. The third-order valence-corrected chi connectivity index (χ3v) is 3.25. The van der Waals surface area contributed by atoms with Crippen molar-refractivity contribution >= 4 is 21.8 Å². The van der Waals surface area contributed by atoms with Crippen LogP contribution in [-0.4, -0.2) is 31.9 Å². The lowest BCUT2D eigenvalue weighted by Gasteiger charge is -2.10. The van der Waals surface area contributed by atoms with Crippen LogP contribution in [0, 0.1) is 10.1 Å². The molecule has 0 saturated carbocycles. The van der Waals surface area contributed by atoms with Gasteiger partial charge in [0.25, 0.3) is 0 Å². The first-order valence-electron chi connectivity index (χ1n) is 5.33. The highest BCUT2D eigenvalue weighted by atomic mass is 32.2. The highest BCUT2D eigenvalue weighted by Gasteiger charge is 2.49. The van der Waals surface area contributed by atoms with Gasteiger partial charge >= 0.3 is 27.3 Å². The summed E-state index contributed by atoms with van der Waals surface area (Å²) in [5.74, 6) is -1.86. The highest BCUT2D eigenvalue weighted by Crippen LogP contribution is 2.33. The van der Waals surface area contributed by atoms with E-state index in [1.807, 2.05) is 0 Å². The molecule has 0 aliphatic rings. The number of ether oxygens (including phenoxy) is 1. The molecule has 0 aromatic heterocycles. The molecular formula is C10H8F3NO7S. The molecule has 0 aliphatic heterocycles. The van der Waals surface area contributed by atoms with Crippen molar-refractivity contribution in [1.29, 1.82) is 0 Å². The third kappa shape index (κ3) is 4.07. The monoisotopic (exact) mass is 343 g/mol. The molecule has 12 heteroatoms. The Labute approximate surface area is 121 Å². The number of methoxy groups -OCH3 is 1. The van der Waals surface area contributed by atoms with E-state index in [9.17, 15) is 36.5 Å². The first-order chi connectivity index (χ1) is 9.98. The predicted molar refractivity (Wildman–Crippen MR) is 64.4 cm³/mol. The molecule has 0 bridgehead atoms. The minimum atomic E-state index is -6.04. The maximum atomic E-state index is 12.2. The van der Waals surface area contributed by atoms with E-state index < -0.39 is 38.0 Å². The Hall–Kier alpha value is -2.37. The number of hydrogen-bond acceptors (Lipinski definition) is 7. The first kappa shape index (κ1) is 17.7. The number of hydrogen-bond donors (Lipinski definition) is 0. The molecule has 22 heavy (non-hydrogen) atoms. The second-order valence-corrected chi connectivity index (χ2v) is 5.33. The van der Waals surface area contributed by atoms with E-state index in [1.54, 1.807) is 0 Å². The number of carbonyl (C=O) groups is 1. The number of alkyl halides is 3. The molecule has 0 saturated heterocycles. The van der Waals surface area contributed by atoms with Crippen molar-refractivity contribution in [2.24, 2.45) is 0 Å². The average molecular weight is 343 g/mol. The number of esters is 1. The van der Waals surface area contributed by atoms with Crippen LogP contribution in [0.2, 0.25) is 0 Å². The van der Waals surface area contributed by atoms with Crippen LogP contribution in [0.25, 0.3) is 0 Å². The van der Waals surface area contributed by atoms with Gasteiger partial charge in [-0.2, -0.15) is 21.6 Å². The van der Waals surface area contributed by atoms with Crippen molar-refractivity contribution in [3.8, 4) is 5.75 Å². The summed E-state index contributed by atoms with van der Waals surface area (Å²) in [6.07, 6.45) is -0.385. The van der Waals surface area contributed by atoms with Crippen molar-refractivity contribution in [3.05, 3.63) is 33.9 Å². The second-order valence-electron chi connectivity index (χ2n) is 3.80. The molecule has 0 fully saturated rings. The second kappa shape index (κ2) is 6.17. The number of benzene rings is 1. The summed E-state index contributed by atoms with van der Waals surface area (Å²) in [5.41, 5.74) is -6.73. The van der Waals surface area contributed by atoms with Crippen molar-refractivity contribution in [2.75, 3.05) is 7.11 Å². The van der Waals surface area contributed by atoms with E-state index in [-0.39, 0.29) is 12.0 Å². The number of carbonyl (C=O) groups excluding carboxylic acids is 1. The predicted octanol–water partition coefficient (Wildman–Crippen LogP) is 1.54. The number of nitro benzene ring substituents is 1. The summed E-state index contributed by atoms with van der Waals surface area (Å²) in [5, 5.41) is 10.8. The molecule has 8 nitrogen and oxygen atoms in total. The van der Waals surface area contributed by atoms with Gasteiger partial charge in [-0.05, 0) is 11.6 Å². The van der Waals surface area contributed by atoms with Crippen LogP contribution in [0.15, 0.2) is 18.2 Å². The summed E-state index contributed by atoms with van der Waals surface area (Å²) in [6, 6.07) is 2.38. The summed E-state index contributed by atoms with van der Waals surface area (Å²) in [6.45, 7) is 0. The minimum absolute atomic E-state index is 0.0373.